The predicted molar refractivity (Wildman–Crippen MR) is 130 cm³/mol. The number of amides is 1. The van der Waals surface area contributed by atoms with Crippen molar-refractivity contribution in [1.82, 2.24) is 14.8 Å². The fourth-order valence-electron chi connectivity index (χ4n) is 3.17. The number of hydrogen-bond acceptors (Lipinski definition) is 6. The van der Waals surface area contributed by atoms with Crippen molar-refractivity contribution in [3.63, 3.8) is 0 Å². The molecule has 0 saturated heterocycles. The van der Waals surface area contributed by atoms with Crippen LogP contribution in [0.15, 0.2) is 47.8 Å². The first-order chi connectivity index (χ1) is 15.8. The van der Waals surface area contributed by atoms with Gasteiger partial charge < -0.3 is 4.74 Å². The summed E-state index contributed by atoms with van der Waals surface area (Å²) in [6.45, 7) is 1.79. The van der Waals surface area contributed by atoms with Gasteiger partial charge in [0.15, 0.2) is 16.5 Å². The molecule has 0 aliphatic rings. The zero-order valence-corrected chi connectivity index (χ0v) is 20.3. The zero-order chi connectivity index (χ0) is 23.7. The molecule has 0 bridgehead atoms. The number of methoxy groups -OCH3 is 1. The second kappa shape index (κ2) is 9.52. The predicted octanol–water partition coefficient (Wildman–Crippen LogP) is 6.30. The van der Waals surface area contributed by atoms with Gasteiger partial charge in [0, 0.05) is 26.6 Å². The van der Waals surface area contributed by atoms with E-state index in [1.165, 1.54) is 12.5 Å². The van der Waals surface area contributed by atoms with Crippen LogP contribution in [0.5, 0.6) is 0 Å². The van der Waals surface area contributed by atoms with Gasteiger partial charge in [-0.05, 0) is 37.3 Å². The van der Waals surface area contributed by atoms with Gasteiger partial charge in [0.2, 0.25) is 0 Å². The van der Waals surface area contributed by atoms with Gasteiger partial charge in [-0.15, -0.1) is 11.3 Å². The van der Waals surface area contributed by atoms with Crippen LogP contribution in [0.1, 0.15) is 26.5 Å². The minimum Gasteiger partial charge on any atom is -0.464 e. The first-order valence-corrected chi connectivity index (χ1v) is 11.5. The number of halogens is 3. The lowest BCUT2D eigenvalue weighted by Crippen LogP contribution is -2.14. The Morgan fingerprint density at radius 2 is 1.76 bits per heavy atom. The number of nitrogens with zero attached hydrogens (tertiary/aromatic N) is 3. The Kier molecular flexibility index (Phi) is 6.71. The molecular formula is C22H15Cl3N4O3S. The van der Waals surface area contributed by atoms with Crippen LogP contribution in [0.3, 0.4) is 0 Å². The van der Waals surface area contributed by atoms with Crippen LogP contribution in [-0.2, 0) is 4.74 Å². The van der Waals surface area contributed by atoms with Crippen LogP contribution in [0.4, 0.5) is 5.13 Å². The molecule has 0 fully saturated rings. The van der Waals surface area contributed by atoms with Crippen LogP contribution in [0.2, 0.25) is 15.1 Å². The van der Waals surface area contributed by atoms with Crippen LogP contribution in [0, 0.1) is 6.92 Å². The summed E-state index contributed by atoms with van der Waals surface area (Å²) in [5, 5.41) is 10.4. The van der Waals surface area contributed by atoms with E-state index in [-0.39, 0.29) is 16.5 Å². The monoisotopic (exact) mass is 520 g/mol. The number of ether oxygens (including phenoxy) is 1. The maximum Gasteiger partial charge on any atom is 0.357 e. The minimum absolute atomic E-state index is 0.106. The van der Waals surface area contributed by atoms with Crippen molar-refractivity contribution in [1.29, 1.82) is 0 Å². The molecule has 0 aliphatic carbocycles. The average molecular weight is 522 g/mol. The molecule has 1 N–H and O–H groups in total. The van der Waals surface area contributed by atoms with Gasteiger partial charge >= 0.3 is 5.97 Å². The van der Waals surface area contributed by atoms with Gasteiger partial charge in [-0.25, -0.2) is 14.5 Å². The van der Waals surface area contributed by atoms with E-state index in [9.17, 15) is 9.59 Å². The highest BCUT2D eigenvalue weighted by Crippen LogP contribution is 2.33. The van der Waals surface area contributed by atoms with Gasteiger partial charge in [0.1, 0.15) is 0 Å². The van der Waals surface area contributed by atoms with Gasteiger partial charge in [-0.3, -0.25) is 10.1 Å². The van der Waals surface area contributed by atoms with E-state index in [2.05, 4.69) is 20.1 Å². The summed E-state index contributed by atoms with van der Waals surface area (Å²) in [5.41, 5.74) is 2.89. The fraction of sp³-hybridized carbons (Fsp3) is 0.0909. The highest BCUT2D eigenvalue weighted by atomic mass is 35.5. The fourth-order valence-corrected chi connectivity index (χ4v) is 4.46. The van der Waals surface area contributed by atoms with Gasteiger partial charge in [-0.2, -0.15) is 5.10 Å². The third-order valence-electron chi connectivity index (χ3n) is 4.71. The Balaban J connectivity index is 1.79. The molecular weight excluding hydrogens is 507 g/mol. The molecule has 2 aromatic heterocycles. The highest BCUT2D eigenvalue weighted by Gasteiger charge is 2.24. The van der Waals surface area contributed by atoms with E-state index in [4.69, 9.17) is 34.8 Å². The Bertz CT molecular complexity index is 1370. The molecule has 11 heteroatoms. The summed E-state index contributed by atoms with van der Waals surface area (Å²) >= 11 is 19.7. The smallest absolute Gasteiger partial charge is 0.357 e. The normalized spacial score (nSPS) is 10.8. The number of carbonyl (C=O) groups excluding carboxylic acids is 2. The molecule has 0 saturated carbocycles. The number of anilines is 1. The van der Waals surface area contributed by atoms with Crippen molar-refractivity contribution in [2.24, 2.45) is 0 Å². The lowest BCUT2D eigenvalue weighted by atomic mass is 10.1. The van der Waals surface area contributed by atoms with Crippen molar-refractivity contribution in [2.45, 2.75) is 6.92 Å². The van der Waals surface area contributed by atoms with Crippen molar-refractivity contribution in [2.75, 3.05) is 12.4 Å². The summed E-state index contributed by atoms with van der Waals surface area (Å²) in [7, 11) is 1.26. The molecule has 2 aromatic carbocycles. The molecule has 7 nitrogen and oxygen atoms in total. The Morgan fingerprint density at radius 1 is 1.06 bits per heavy atom. The van der Waals surface area contributed by atoms with E-state index >= 15 is 0 Å². The molecule has 0 aliphatic heterocycles. The van der Waals surface area contributed by atoms with E-state index in [1.54, 1.807) is 41.9 Å². The van der Waals surface area contributed by atoms with Crippen molar-refractivity contribution < 1.29 is 14.3 Å². The number of thiazole rings is 1. The average Bonchev–Trinajstić information content (AvgIpc) is 3.38. The molecule has 2 heterocycles. The van der Waals surface area contributed by atoms with Crippen LogP contribution in [0.25, 0.3) is 16.9 Å². The summed E-state index contributed by atoms with van der Waals surface area (Å²) in [6, 6.07) is 12.2. The number of esters is 1. The molecule has 168 valence electrons. The van der Waals surface area contributed by atoms with E-state index < -0.39 is 11.9 Å². The van der Waals surface area contributed by atoms with Crippen LogP contribution in [-0.4, -0.2) is 33.8 Å². The van der Waals surface area contributed by atoms with Crippen molar-refractivity contribution >= 4 is 63.1 Å². The van der Waals surface area contributed by atoms with E-state index in [0.717, 1.165) is 16.9 Å². The Labute approximate surface area is 207 Å². The summed E-state index contributed by atoms with van der Waals surface area (Å²) < 4.78 is 6.24. The maximum atomic E-state index is 13.1. The molecule has 1 amide bonds. The second-order valence-corrected chi connectivity index (χ2v) is 8.96. The lowest BCUT2D eigenvalue weighted by Gasteiger charge is -2.11. The SMILES string of the molecule is COC(=O)c1csc(NC(=O)c2nn(-c3ccc(Cl)cc3Cl)c(-c3ccc(Cl)cc3)c2C)n1. The zero-order valence-electron chi connectivity index (χ0n) is 17.2. The number of nitrogens with one attached hydrogen (secondary N) is 1. The molecule has 4 aromatic rings. The Hall–Kier alpha value is -2.91. The number of hydrogen-bond donors (Lipinski definition) is 1. The topological polar surface area (TPSA) is 86.1 Å². The third-order valence-corrected chi connectivity index (χ3v) is 6.26. The molecule has 0 spiro atoms. The maximum absolute atomic E-state index is 13.1. The Morgan fingerprint density at radius 3 is 2.42 bits per heavy atom. The highest BCUT2D eigenvalue weighted by molar-refractivity contribution is 7.14. The first-order valence-electron chi connectivity index (χ1n) is 9.44. The van der Waals surface area contributed by atoms with Crippen molar-refractivity contribution in [3.05, 3.63) is 79.9 Å². The number of aromatic nitrogens is 3. The summed E-state index contributed by atoms with van der Waals surface area (Å²) in [6.07, 6.45) is 0. The molecule has 4 rings (SSSR count). The minimum atomic E-state index is -0.588. The van der Waals surface area contributed by atoms with Gasteiger partial charge in [-0.1, -0.05) is 46.9 Å². The van der Waals surface area contributed by atoms with E-state index in [0.29, 0.717) is 32.0 Å². The lowest BCUT2D eigenvalue weighted by molar-refractivity contribution is 0.0594. The largest absolute Gasteiger partial charge is 0.464 e. The van der Waals surface area contributed by atoms with Gasteiger partial charge in [0.05, 0.1) is 23.5 Å². The molecule has 0 atom stereocenters. The van der Waals surface area contributed by atoms with Gasteiger partial charge in [0.25, 0.3) is 5.91 Å². The molecule has 33 heavy (non-hydrogen) atoms. The molecule has 0 unspecified atom stereocenters. The number of benzene rings is 2. The quantitative estimate of drug-likeness (QED) is 0.311. The van der Waals surface area contributed by atoms with E-state index in [1.807, 2.05) is 12.1 Å². The number of carbonyl (C=O) groups is 2. The van der Waals surface area contributed by atoms with Crippen LogP contribution < -0.4 is 5.32 Å². The summed E-state index contributed by atoms with van der Waals surface area (Å²) in [4.78, 5) is 28.8. The summed E-state index contributed by atoms with van der Waals surface area (Å²) in [5.74, 6) is -1.08. The first kappa shape index (κ1) is 23.3. The standard InChI is InChI=1S/C22H15Cl3N4O3S/c1-11-18(20(30)27-22-26-16(10-33-22)21(31)32-2)28-29(17-8-7-14(24)9-15(17)25)19(11)12-3-5-13(23)6-4-12/h3-10H,1-2H3,(H,26,27,30). The van der Waals surface area contributed by atoms with Crippen LogP contribution >= 0.6 is 46.1 Å². The second-order valence-electron chi connectivity index (χ2n) is 6.82. The third kappa shape index (κ3) is 4.74. The molecule has 0 radical (unpaired) electrons. The number of rotatable bonds is 5. The van der Waals surface area contributed by atoms with Crippen molar-refractivity contribution in [3.8, 4) is 16.9 Å².